The number of aromatic nitrogens is 6. The van der Waals surface area contributed by atoms with E-state index >= 15 is 0 Å². The van der Waals surface area contributed by atoms with E-state index in [-0.39, 0.29) is 0 Å². The Bertz CT molecular complexity index is 1470. The van der Waals surface area contributed by atoms with Gasteiger partial charge in [0.15, 0.2) is 0 Å². The summed E-state index contributed by atoms with van der Waals surface area (Å²) in [6.07, 6.45) is 6.90. The Kier molecular flexibility index (Phi) is 4.41. The van der Waals surface area contributed by atoms with Crippen molar-refractivity contribution in [3.63, 3.8) is 0 Å². The third-order valence-corrected chi connectivity index (χ3v) is 5.76. The van der Waals surface area contributed by atoms with E-state index < -0.39 is 0 Å². The Morgan fingerprint density at radius 2 is 0.938 bits per heavy atom. The highest BCUT2D eigenvalue weighted by molar-refractivity contribution is 6.31. The third kappa shape index (κ3) is 3.04. The van der Waals surface area contributed by atoms with Crippen molar-refractivity contribution in [2.24, 2.45) is 0 Å². The molecule has 0 aliphatic heterocycles. The van der Waals surface area contributed by atoms with Crippen LogP contribution >= 0.6 is 23.2 Å². The van der Waals surface area contributed by atoms with Crippen LogP contribution in [0.15, 0.2) is 85.5 Å². The van der Waals surface area contributed by atoms with Gasteiger partial charge in [0.25, 0.3) is 0 Å². The minimum Gasteiger partial charge on any atom is -0.276 e. The zero-order valence-electron chi connectivity index (χ0n) is 16.5. The lowest BCUT2D eigenvalue weighted by Gasteiger charge is -2.12. The Labute approximate surface area is 192 Å². The summed E-state index contributed by atoms with van der Waals surface area (Å²) in [4.78, 5) is 18.0. The maximum Gasteiger partial charge on any atom is 0.234 e. The quantitative estimate of drug-likeness (QED) is 0.321. The van der Waals surface area contributed by atoms with E-state index in [2.05, 4.69) is 32.1 Å². The smallest absolute Gasteiger partial charge is 0.234 e. The van der Waals surface area contributed by atoms with Crippen LogP contribution < -0.4 is 0 Å². The van der Waals surface area contributed by atoms with Gasteiger partial charge in [0.2, 0.25) is 11.9 Å². The summed E-state index contributed by atoms with van der Waals surface area (Å²) >= 11 is 12.6. The Morgan fingerprint density at radius 1 is 0.531 bits per heavy atom. The van der Waals surface area contributed by atoms with Gasteiger partial charge in [-0.15, -0.1) is 0 Å². The van der Waals surface area contributed by atoms with Crippen molar-refractivity contribution < 1.29 is 0 Å². The number of benzene rings is 2. The van der Waals surface area contributed by atoms with Crippen molar-refractivity contribution >= 4 is 45.0 Å². The minimum absolute atomic E-state index is 0.559. The molecule has 0 aliphatic carbocycles. The largest absolute Gasteiger partial charge is 0.276 e. The number of nitrogens with zero attached hydrogens (tertiary/aromatic N) is 6. The normalized spacial score (nSPS) is 11.4. The molecular weight excluding hydrogens is 443 g/mol. The SMILES string of the molecule is Clc1ccc2c(c1)cc(-c1cc3cc(Cl)ccc3n1-c1ncccn1)n2-c1ncccn1. The van der Waals surface area contributed by atoms with Crippen molar-refractivity contribution in [3.8, 4) is 23.3 Å². The predicted octanol–water partition coefficient (Wildman–Crippen LogP) is 6.13. The summed E-state index contributed by atoms with van der Waals surface area (Å²) in [5, 5.41) is 3.27. The lowest BCUT2D eigenvalue weighted by atomic mass is 10.2. The highest BCUT2D eigenvalue weighted by Crippen LogP contribution is 2.36. The lowest BCUT2D eigenvalue weighted by Crippen LogP contribution is -2.06. The molecule has 0 atom stereocenters. The highest BCUT2D eigenvalue weighted by Gasteiger charge is 2.21. The molecule has 6 nitrogen and oxygen atoms in total. The first kappa shape index (κ1) is 19.0. The van der Waals surface area contributed by atoms with Gasteiger partial charge in [0.05, 0.1) is 22.4 Å². The molecule has 32 heavy (non-hydrogen) atoms. The van der Waals surface area contributed by atoms with Crippen molar-refractivity contribution in [1.29, 1.82) is 0 Å². The molecule has 6 rings (SSSR count). The fourth-order valence-corrected chi connectivity index (χ4v) is 4.35. The first-order valence-corrected chi connectivity index (χ1v) is 10.6. The zero-order valence-corrected chi connectivity index (χ0v) is 18.0. The van der Waals surface area contributed by atoms with Crippen molar-refractivity contribution in [2.45, 2.75) is 0 Å². The second-order valence-electron chi connectivity index (χ2n) is 7.23. The molecule has 6 aromatic rings. The van der Waals surface area contributed by atoms with Crippen LogP contribution in [0.5, 0.6) is 0 Å². The van der Waals surface area contributed by atoms with Crippen molar-refractivity contribution in [3.05, 3.63) is 95.5 Å². The first-order valence-electron chi connectivity index (χ1n) is 9.86. The van der Waals surface area contributed by atoms with Gasteiger partial charge in [0, 0.05) is 45.6 Å². The first-order chi connectivity index (χ1) is 15.7. The second-order valence-corrected chi connectivity index (χ2v) is 8.11. The minimum atomic E-state index is 0.559. The van der Waals surface area contributed by atoms with Crippen molar-refractivity contribution in [2.75, 3.05) is 0 Å². The summed E-state index contributed by atoms with van der Waals surface area (Å²) < 4.78 is 4.03. The molecule has 0 saturated heterocycles. The Balaban J connectivity index is 1.75. The summed E-state index contributed by atoms with van der Waals surface area (Å²) in [7, 11) is 0. The summed E-state index contributed by atoms with van der Waals surface area (Å²) in [6, 6.07) is 19.3. The monoisotopic (exact) mass is 456 g/mol. The van der Waals surface area contributed by atoms with E-state index in [4.69, 9.17) is 23.2 Å². The third-order valence-electron chi connectivity index (χ3n) is 5.29. The van der Waals surface area contributed by atoms with Crippen LogP contribution in [0.4, 0.5) is 0 Å². The van der Waals surface area contributed by atoms with E-state index in [0.29, 0.717) is 21.9 Å². The van der Waals surface area contributed by atoms with Crippen LogP contribution in [0.2, 0.25) is 10.0 Å². The van der Waals surface area contributed by atoms with Gasteiger partial charge < -0.3 is 0 Å². The van der Waals surface area contributed by atoms with Crippen LogP contribution in [0.3, 0.4) is 0 Å². The molecule has 2 aromatic carbocycles. The summed E-state index contributed by atoms with van der Waals surface area (Å²) in [6.45, 7) is 0. The van der Waals surface area contributed by atoms with E-state index in [1.807, 2.05) is 45.5 Å². The van der Waals surface area contributed by atoms with Gasteiger partial charge in [-0.05, 0) is 60.7 Å². The number of halogens is 2. The fraction of sp³-hybridized carbons (Fsp3) is 0. The van der Waals surface area contributed by atoms with Gasteiger partial charge >= 0.3 is 0 Å². The average Bonchev–Trinajstić information content (AvgIpc) is 3.37. The molecule has 154 valence electrons. The number of hydrogen-bond donors (Lipinski definition) is 0. The van der Waals surface area contributed by atoms with E-state index in [9.17, 15) is 0 Å². The molecule has 0 radical (unpaired) electrons. The molecular formula is C24H14Cl2N6. The maximum atomic E-state index is 6.30. The topological polar surface area (TPSA) is 61.4 Å². The summed E-state index contributed by atoms with van der Waals surface area (Å²) in [5.74, 6) is 1.12. The van der Waals surface area contributed by atoms with Crippen LogP contribution in [-0.2, 0) is 0 Å². The molecule has 0 unspecified atom stereocenters. The summed E-state index contributed by atoms with van der Waals surface area (Å²) in [5.41, 5.74) is 3.65. The van der Waals surface area contributed by atoms with Crippen LogP contribution in [0.1, 0.15) is 0 Å². The molecule has 0 saturated carbocycles. The van der Waals surface area contributed by atoms with E-state index in [1.54, 1.807) is 36.9 Å². The molecule has 8 heteroatoms. The molecule has 4 aromatic heterocycles. The zero-order chi connectivity index (χ0) is 21.7. The highest BCUT2D eigenvalue weighted by atomic mass is 35.5. The Morgan fingerprint density at radius 3 is 1.34 bits per heavy atom. The molecule has 0 bridgehead atoms. The van der Waals surface area contributed by atoms with Gasteiger partial charge in [-0.2, -0.15) is 0 Å². The van der Waals surface area contributed by atoms with Gasteiger partial charge in [-0.25, -0.2) is 19.9 Å². The molecule has 0 N–H and O–H groups in total. The molecule has 4 heterocycles. The lowest BCUT2D eigenvalue weighted by molar-refractivity contribution is 0.932. The fourth-order valence-electron chi connectivity index (χ4n) is 3.99. The maximum absolute atomic E-state index is 6.30. The molecule has 0 fully saturated rings. The number of fused-ring (bicyclic) bond motifs is 2. The molecule has 0 aliphatic rings. The van der Waals surface area contributed by atoms with Gasteiger partial charge in [-0.1, -0.05) is 23.2 Å². The van der Waals surface area contributed by atoms with E-state index in [0.717, 1.165) is 33.2 Å². The molecule has 0 spiro atoms. The standard InChI is InChI=1S/C24H14Cl2N6/c25-17-3-5-19-15(11-17)13-21(31(19)23-27-7-1-8-28-23)22-14-16-12-18(26)4-6-20(16)32(22)24-29-9-2-10-30-24/h1-14H. The second kappa shape index (κ2) is 7.44. The van der Waals surface area contributed by atoms with Crippen molar-refractivity contribution in [1.82, 2.24) is 29.1 Å². The van der Waals surface area contributed by atoms with Crippen LogP contribution in [-0.4, -0.2) is 29.1 Å². The number of hydrogen-bond acceptors (Lipinski definition) is 4. The van der Waals surface area contributed by atoms with Gasteiger partial charge in [-0.3, -0.25) is 9.13 Å². The van der Waals surface area contributed by atoms with Crippen LogP contribution in [0.25, 0.3) is 45.1 Å². The predicted molar refractivity (Wildman–Crippen MR) is 127 cm³/mol. The average molecular weight is 457 g/mol. The van der Waals surface area contributed by atoms with E-state index in [1.165, 1.54) is 0 Å². The van der Waals surface area contributed by atoms with Crippen LogP contribution in [0, 0.1) is 0 Å². The van der Waals surface area contributed by atoms with Gasteiger partial charge in [0.1, 0.15) is 0 Å². The molecule has 0 amide bonds. The Hall–Kier alpha value is -3.74. The number of rotatable bonds is 3.